The van der Waals surface area contributed by atoms with Gasteiger partial charge in [0, 0.05) is 12.5 Å². The molecular formula is C27H26F3NO4. The Hall–Kier alpha value is -3.54. The van der Waals surface area contributed by atoms with E-state index in [1.165, 1.54) is 21.9 Å². The van der Waals surface area contributed by atoms with Crippen LogP contribution in [0.4, 0.5) is 13.2 Å². The smallest absolute Gasteiger partial charge is 0.481 e. The Bertz CT molecular complexity index is 1160. The number of alkyl halides is 3. The van der Waals surface area contributed by atoms with Gasteiger partial charge in [0.15, 0.2) is 0 Å². The number of halogens is 3. The first-order chi connectivity index (χ1) is 16.8. The molecule has 0 bridgehead atoms. The molecule has 35 heavy (non-hydrogen) atoms. The number of terminal acetylenes is 1. The number of rotatable bonds is 6. The van der Waals surface area contributed by atoms with Crippen molar-refractivity contribution in [2.75, 3.05) is 19.7 Å². The summed E-state index contributed by atoms with van der Waals surface area (Å²) in [4.78, 5) is 8.90. The van der Waals surface area contributed by atoms with Crippen LogP contribution in [0.2, 0.25) is 0 Å². The SMILES string of the molecule is C#CCOc1ccc(C2CCNCC2OCc2ccc3ccccc3c2)cc1.O=C(O)C(F)(F)F. The first-order valence-corrected chi connectivity index (χ1v) is 11.0. The highest BCUT2D eigenvalue weighted by atomic mass is 19.4. The third-order valence-electron chi connectivity index (χ3n) is 5.58. The highest BCUT2D eigenvalue weighted by molar-refractivity contribution is 5.82. The number of nitrogens with one attached hydrogen (secondary N) is 1. The fourth-order valence-corrected chi connectivity index (χ4v) is 3.85. The molecule has 4 rings (SSSR count). The van der Waals surface area contributed by atoms with Crippen molar-refractivity contribution in [3.05, 3.63) is 77.9 Å². The molecule has 8 heteroatoms. The van der Waals surface area contributed by atoms with Crippen LogP contribution in [0.25, 0.3) is 10.8 Å². The van der Waals surface area contributed by atoms with Gasteiger partial charge >= 0.3 is 12.1 Å². The third-order valence-corrected chi connectivity index (χ3v) is 5.58. The van der Waals surface area contributed by atoms with Gasteiger partial charge in [0.1, 0.15) is 12.4 Å². The molecule has 0 amide bonds. The molecule has 2 N–H and O–H groups in total. The molecule has 1 aliphatic heterocycles. The van der Waals surface area contributed by atoms with Gasteiger partial charge in [0.25, 0.3) is 0 Å². The standard InChI is InChI=1S/C25H25NO2.C2HF3O2/c1-2-15-27-23-11-9-21(10-12-23)24-13-14-26-17-25(24)28-18-19-7-8-20-5-3-4-6-22(20)16-19;3-2(4,5)1(6)7/h1,3-12,16,24-26H,13-15,17-18H2;(H,6,7). The van der Waals surface area contributed by atoms with E-state index in [0.717, 1.165) is 25.3 Å². The molecule has 1 fully saturated rings. The van der Waals surface area contributed by atoms with E-state index < -0.39 is 12.1 Å². The molecule has 2 unspecified atom stereocenters. The van der Waals surface area contributed by atoms with Crippen molar-refractivity contribution >= 4 is 16.7 Å². The zero-order valence-electron chi connectivity index (χ0n) is 18.9. The highest BCUT2D eigenvalue weighted by Gasteiger charge is 2.38. The second-order valence-corrected chi connectivity index (χ2v) is 7.99. The van der Waals surface area contributed by atoms with Crippen molar-refractivity contribution in [1.29, 1.82) is 0 Å². The van der Waals surface area contributed by atoms with Gasteiger partial charge in [-0.1, -0.05) is 54.5 Å². The average molecular weight is 486 g/mol. The zero-order chi connectivity index (χ0) is 25.3. The van der Waals surface area contributed by atoms with Crippen molar-refractivity contribution in [3.8, 4) is 18.1 Å². The molecule has 0 aliphatic carbocycles. The predicted molar refractivity (Wildman–Crippen MR) is 127 cm³/mol. The molecule has 1 heterocycles. The van der Waals surface area contributed by atoms with Crippen LogP contribution in [-0.2, 0) is 16.1 Å². The van der Waals surface area contributed by atoms with E-state index in [0.29, 0.717) is 19.1 Å². The lowest BCUT2D eigenvalue weighted by atomic mass is 9.87. The second-order valence-electron chi connectivity index (χ2n) is 7.99. The van der Waals surface area contributed by atoms with Gasteiger partial charge in [0.05, 0.1) is 12.7 Å². The topological polar surface area (TPSA) is 67.8 Å². The van der Waals surface area contributed by atoms with Gasteiger partial charge in [-0.15, -0.1) is 6.42 Å². The van der Waals surface area contributed by atoms with Gasteiger partial charge in [-0.05, 0) is 53.1 Å². The Morgan fingerprint density at radius 2 is 1.77 bits per heavy atom. The first-order valence-electron chi connectivity index (χ1n) is 11.0. The molecule has 1 saturated heterocycles. The van der Waals surface area contributed by atoms with E-state index in [4.69, 9.17) is 25.8 Å². The van der Waals surface area contributed by atoms with Gasteiger partial charge in [-0.25, -0.2) is 4.79 Å². The second kappa shape index (κ2) is 12.2. The van der Waals surface area contributed by atoms with Crippen molar-refractivity contribution < 1.29 is 32.5 Å². The lowest BCUT2D eigenvalue weighted by Crippen LogP contribution is -2.40. The van der Waals surface area contributed by atoms with E-state index >= 15 is 0 Å². The molecule has 3 aromatic carbocycles. The number of piperidine rings is 1. The Morgan fingerprint density at radius 1 is 1.09 bits per heavy atom. The molecular weight excluding hydrogens is 459 g/mol. The summed E-state index contributed by atoms with van der Waals surface area (Å²) in [5.41, 5.74) is 2.50. The number of carbonyl (C=O) groups is 1. The minimum absolute atomic E-state index is 0.151. The summed E-state index contributed by atoms with van der Waals surface area (Å²) in [6.07, 6.45) is 1.38. The maximum atomic E-state index is 10.6. The van der Waals surface area contributed by atoms with Crippen LogP contribution in [0.1, 0.15) is 23.5 Å². The van der Waals surface area contributed by atoms with Crippen LogP contribution in [0, 0.1) is 12.3 Å². The first kappa shape index (κ1) is 26.1. The molecule has 5 nitrogen and oxygen atoms in total. The molecule has 2 atom stereocenters. The monoisotopic (exact) mass is 485 g/mol. The molecule has 0 saturated carbocycles. The van der Waals surface area contributed by atoms with Crippen LogP contribution in [-0.4, -0.2) is 43.1 Å². The number of ether oxygens (including phenoxy) is 2. The third kappa shape index (κ3) is 7.74. The van der Waals surface area contributed by atoms with Crippen LogP contribution >= 0.6 is 0 Å². The van der Waals surface area contributed by atoms with Gasteiger partial charge < -0.3 is 19.9 Å². The van der Waals surface area contributed by atoms with Crippen molar-refractivity contribution in [3.63, 3.8) is 0 Å². The van der Waals surface area contributed by atoms with Gasteiger partial charge in [0.2, 0.25) is 0 Å². The fraction of sp³-hybridized carbons (Fsp3) is 0.296. The molecule has 0 aromatic heterocycles. The number of carboxylic acid groups (broad SMARTS) is 1. The summed E-state index contributed by atoms with van der Waals surface area (Å²) in [6, 6.07) is 23.2. The summed E-state index contributed by atoms with van der Waals surface area (Å²) in [6.45, 7) is 2.80. The Labute approximate surface area is 201 Å². The summed E-state index contributed by atoms with van der Waals surface area (Å²) in [5.74, 6) is 0.925. The Balaban J connectivity index is 0.000000429. The van der Waals surface area contributed by atoms with E-state index in [1.807, 2.05) is 12.1 Å². The minimum Gasteiger partial charge on any atom is -0.481 e. The van der Waals surface area contributed by atoms with E-state index in [-0.39, 0.29) is 6.10 Å². The average Bonchev–Trinajstić information content (AvgIpc) is 2.86. The van der Waals surface area contributed by atoms with Crippen LogP contribution in [0.15, 0.2) is 66.7 Å². The maximum absolute atomic E-state index is 10.6. The van der Waals surface area contributed by atoms with Crippen molar-refractivity contribution in [2.45, 2.75) is 31.2 Å². The lowest BCUT2D eigenvalue weighted by Gasteiger charge is -2.32. The number of benzene rings is 3. The van der Waals surface area contributed by atoms with Gasteiger partial charge in [-0.3, -0.25) is 0 Å². The maximum Gasteiger partial charge on any atom is 0.490 e. The minimum atomic E-state index is -5.08. The van der Waals surface area contributed by atoms with Crippen LogP contribution in [0.3, 0.4) is 0 Å². The highest BCUT2D eigenvalue weighted by Crippen LogP contribution is 2.30. The molecule has 0 spiro atoms. The van der Waals surface area contributed by atoms with Gasteiger partial charge in [-0.2, -0.15) is 13.2 Å². The number of carboxylic acids is 1. The van der Waals surface area contributed by atoms with Crippen molar-refractivity contribution in [2.24, 2.45) is 0 Å². The Kier molecular flexibility index (Phi) is 9.12. The predicted octanol–water partition coefficient (Wildman–Crippen LogP) is 5.15. The van der Waals surface area contributed by atoms with Crippen LogP contribution < -0.4 is 10.1 Å². The van der Waals surface area contributed by atoms with Crippen molar-refractivity contribution in [1.82, 2.24) is 5.32 Å². The zero-order valence-corrected chi connectivity index (χ0v) is 18.9. The summed E-state index contributed by atoms with van der Waals surface area (Å²) in [7, 11) is 0. The summed E-state index contributed by atoms with van der Waals surface area (Å²) in [5, 5.41) is 13.1. The lowest BCUT2D eigenvalue weighted by molar-refractivity contribution is -0.192. The number of fused-ring (bicyclic) bond motifs is 1. The molecule has 3 aromatic rings. The van der Waals surface area contributed by atoms with Crippen LogP contribution in [0.5, 0.6) is 5.75 Å². The summed E-state index contributed by atoms with van der Waals surface area (Å²) >= 11 is 0. The van der Waals surface area contributed by atoms with E-state index in [9.17, 15) is 13.2 Å². The largest absolute Gasteiger partial charge is 0.490 e. The quantitative estimate of drug-likeness (QED) is 0.473. The number of aliphatic carboxylic acids is 1. The number of hydrogen-bond acceptors (Lipinski definition) is 4. The normalized spacial score (nSPS) is 17.7. The molecule has 1 aliphatic rings. The number of hydrogen-bond donors (Lipinski definition) is 2. The summed E-state index contributed by atoms with van der Waals surface area (Å²) < 4.78 is 43.6. The van der Waals surface area contributed by atoms with E-state index in [1.54, 1.807) is 0 Å². The molecule has 0 radical (unpaired) electrons. The van der Waals surface area contributed by atoms with E-state index in [2.05, 4.69) is 65.8 Å². The molecule has 184 valence electrons. The fourth-order valence-electron chi connectivity index (χ4n) is 3.85. The Morgan fingerprint density at radius 3 is 2.43 bits per heavy atom.